The number of nitrogens with two attached hydrogens (primary N) is 1. The summed E-state index contributed by atoms with van der Waals surface area (Å²) in [6, 6.07) is 7.96. The van der Waals surface area contributed by atoms with E-state index in [0.717, 1.165) is 25.1 Å². The fourth-order valence-electron chi connectivity index (χ4n) is 1.75. The highest BCUT2D eigenvalue weighted by Crippen LogP contribution is 2.08. The maximum Gasteiger partial charge on any atom is 0.236 e. The van der Waals surface area contributed by atoms with Crippen molar-refractivity contribution in [1.82, 2.24) is 9.80 Å². The van der Waals surface area contributed by atoms with E-state index in [1.54, 1.807) is 19.0 Å². The van der Waals surface area contributed by atoms with Gasteiger partial charge in [0.1, 0.15) is 0 Å². The van der Waals surface area contributed by atoms with Gasteiger partial charge in [0.25, 0.3) is 0 Å². The molecule has 0 fully saturated rings. The number of benzene rings is 1. The zero-order valence-corrected chi connectivity index (χ0v) is 11.5. The minimum atomic E-state index is 0.140. The topological polar surface area (TPSA) is 49.6 Å². The van der Waals surface area contributed by atoms with Gasteiger partial charge in [-0.3, -0.25) is 9.69 Å². The summed E-state index contributed by atoms with van der Waals surface area (Å²) < 4.78 is 0. The third-order valence-electron chi connectivity index (χ3n) is 2.86. The van der Waals surface area contributed by atoms with E-state index in [0.29, 0.717) is 6.54 Å². The summed E-state index contributed by atoms with van der Waals surface area (Å²) in [6.07, 6.45) is 2.02. The Kier molecular flexibility index (Phi) is 5.65. The molecule has 1 rings (SSSR count). The molecule has 0 bridgehead atoms. The predicted molar refractivity (Wildman–Crippen MR) is 75.4 cm³/mol. The van der Waals surface area contributed by atoms with Crippen LogP contribution in [0.2, 0.25) is 0 Å². The number of carbonyl (C=O) groups is 1. The Morgan fingerprint density at radius 1 is 1.28 bits per heavy atom. The van der Waals surface area contributed by atoms with E-state index in [1.165, 1.54) is 5.56 Å². The molecule has 0 saturated heterocycles. The first-order valence-corrected chi connectivity index (χ1v) is 6.22. The third-order valence-corrected chi connectivity index (χ3v) is 2.86. The van der Waals surface area contributed by atoms with E-state index in [1.807, 2.05) is 25.2 Å². The fourth-order valence-corrected chi connectivity index (χ4v) is 1.75. The Morgan fingerprint density at radius 3 is 2.61 bits per heavy atom. The van der Waals surface area contributed by atoms with Gasteiger partial charge in [-0.25, -0.2) is 0 Å². The van der Waals surface area contributed by atoms with Crippen LogP contribution in [0.4, 0.5) is 5.69 Å². The van der Waals surface area contributed by atoms with Gasteiger partial charge >= 0.3 is 0 Å². The molecule has 0 saturated carbocycles. The average Bonchev–Trinajstić information content (AvgIpc) is 2.28. The second-order valence-corrected chi connectivity index (χ2v) is 4.87. The lowest BCUT2D eigenvalue weighted by molar-refractivity contribution is -0.129. The number of likely N-dealkylation sites (N-methyl/N-ethyl adjacent to an activating group) is 2. The lowest BCUT2D eigenvalue weighted by Crippen LogP contribution is -2.34. The molecule has 1 aromatic rings. The standard InChI is InChI=1S/C14H23N3O/c1-16(2)14(18)11-17(3)9-5-7-12-6-4-8-13(15)10-12/h4,6,8,10H,5,7,9,11,15H2,1-3H3. The summed E-state index contributed by atoms with van der Waals surface area (Å²) >= 11 is 0. The number of hydrogen-bond acceptors (Lipinski definition) is 3. The molecule has 0 unspecified atom stereocenters. The van der Waals surface area contributed by atoms with Crippen LogP contribution in [-0.4, -0.2) is 49.9 Å². The molecule has 2 N–H and O–H groups in total. The van der Waals surface area contributed by atoms with Crippen molar-refractivity contribution in [2.24, 2.45) is 0 Å². The van der Waals surface area contributed by atoms with Crippen molar-refractivity contribution in [1.29, 1.82) is 0 Å². The number of rotatable bonds is 6. The van der Waals surface area contributed by atoms with E-state index in [-0.39, 0.29) is 5.91 Å². The Hall–Kier alpha value is -1.55. The van der Waals surface area contributed by atoms with E-state index in [9.17, 15) is 4.79 Å². The molecule has 0 aliphatic carbocycles. The molecule has 18 heavy (non-hydrogen) atoms. The summed E-state index contributed by atoms with van der Waals surface area (Å²) in [5, 5.41) is 0. The van der Waals surface area contributed by atoms with E-state index in [4.69, 9.17) is 5.73 Å². The number of amides is 1. The monoisotopic (exact) mass is 249 g/mol. The summed E-state index contributed by atoms with van der Waals surface area (Å²) in [5.74, 6) is 0.140. The highest BCUT2D eigenvalue weighted by atomic mass is 16.2. The molecular formula is C14H23N3O. The van der Waals surface area contributed by atoms with Crippen molar-refractivity contribution in [3.05, 3.63) is 29.8 Å². The van der Waals surface area contributed by atoms with Crippen LogP contribution in [-0.2, 0) is 11.2 Å². The number of nitrogen functional groups attached to an aromatic ring is 1. The van der Waals surface area contributed by atoms with E-state index in [2.05, 4.69) is 11.0 Å². The van der Waals surface area contributed by atoms with Crippen LogP contribution >= 0.6 is 0 Å². The predicted octanol–water partition coefficient (Wildman–Crippen LogP) is 1.22. The number of nitrogens with zero attached hydrogens (tertiary/aromatic N) is 2. The molecule has 100 valence electrons. The Balaban J connectivity index is 2.27. The number of aryl methyl sites for hydroxylation is 1. The lowest BCUT2D eigenvalue weighted by Gasteiger charge is -2.18. The molecular weight excluding hydrogens is 226 g/mol. The smallest absolute Gasteiger partial charge is 0.236 e. The molecule has 0 atom stereocenters. The van der Waals surface area contributed by atoms with Crippen molar-refractivity contribution < 1.29 is 4.79 Å². The SMILES string of the molecule is CN(CCCc1cccc(N)c1)CC(=O)N(C)C. The van der Waals surface area contributed by atoms with Crippen LogP contribution in [0.1, 0.15) is 12.0 Å². The van der Waals surface area contributed by atoms with Gasteiger partial charge in [-0.1, -0.05) is 12.1 Å². The van der Waals surface area contributed by atoms with Crippen LogP contribution in [0.25, 0.3) is 0 Å². The molecule has 0 spiro atoms. The van der Waals surface area contributed by atoms with Gasteiger partial charge in [-0.05, 0) is 44.1 Å². The second kappa shape index (κ2) is 7.01. The summed E-state index contributed by atoms with van der Waals surface area (Å²) in [4.78, 5) is 15.2. The lowest BCUT2D eigenvalue weighted by atomic mass is 10.1. The first kappa shape index (κ1) is 14.5. The third kappa shape index (κ3) is 5.19. The van der Waals surface area contributed by atoms with E-state index < -0.39 is 0 Å². The minimum absolute atomic E-state index is 0.140. The molecule has 0 heterocycles. The minimum Gasteiger partial charge on any atom is -0.399 e. The van der Waals surface area contributed by atoms with Crippen molar-refractivity contribution in [2.45, 2.75) is 12.8 Å². The molecule has 0 aliphatic rings. The van der Waals surface area contributed by atoms with Gasteiger partial charge in [0.15, 0.2) is 0 Å². The molecule has 0 aromatic heterocycles. The highest BCUT2D eigenvalue weighted by molar-refractivity contribution is 5.77. The maximum absolute atomic E-state index is 11.5. The van der Waals surface area contributed by atoms with Gasteiger partial charge in [0.2, 0.25) is 5.91 Å². The summed E-state index contributed by atoms with van der Waals surface area (Å²) in [6.45, 7) is 1.39. The van der Waals surface area contributed by atoms with Crippen LogP contribution in [0.3, 0.4) is 0 Å². The average molecular weight is 249 g/mol. The van der Waals surface area contributed by atoms with E-state index >= 15 is 0 Å². The number of anilines is 1. The zero-order valence-electron chi connectivity index (χ0n) is 11.5. The Morgan fingerprint density at radius 2 is 2.00 bits per heavy atom. The van der Waals surface area contributed by atoms with Crippen LogP contribution in [0.15, 0.2) is 24.3 Å². The van der Waals surface area contributed by atoms with Gasteiger partial charge in [-0.2, -0.15) is 0 Å². The number of hydrogen-bond donors (Lipinski definition) is 1. The van der Waals surface area contributed by atoms with Crippen molar-refractivity contribution >= 4 is 11.6 Å². The molecule has 4 heteroatoms. The Bertz CT molecular complexity index is 390. The molecule has 0 aliphatic heterocycles. The quantitative estimate of drug-likeness (QED) is 0.771. The van der Waals surface area contributed by atoms with Gasteiger partial charge in [0.05, 0.1) is 6.54 Å². The molecule has 1 aromatic carbocycles. The maximum atomic E-state index is 11.5. The Labute approximate surface area is 109 Å². The first-order valence-electron chi connectivity index (χ1n) is 6.22. The second-order valence-electron chi connectivity index (χ2n) is 4.87. The van der Waals surface area contributed by atoms with Gasteiger partial charge in [0, 0.05) is 19.8 Å². The fraction of sp³-hybridized carbons (Fsp3) is 0.500. The van der Waals surface area contributed by atoms with Crippen molar-refractivity contribution in [2.75, 3.05) is 40.0 Å². The highest BCUT2D eigenvalue weighted by Gasteiger charge is 2.07. The largest absolute Gasteiger partial charge is 0.399 e. The van der Waals surface area contributed by atoms with Crippen LogP contribution in [0, 0.1) is 0 Å². The summed E-state index contributed by atoms with van der Waals surface area (Å²) in [5.41, 5.74) is 7.79. The zero-order chi connectivity index (χ0) is 13.5. The van der Waals surface area contributed by atoms with Gasteiger partial charge in [-0.15, -0.1) is 0 Å². The van der Waals surface area contributed by atoms with Crippen LogP contribution < -0.4 is 5.73 Å². The van der Waals surface area contributed by atoms with Crippen molar-refractivity contribution in [3.63, 3.8) is 0 Å². The molecule has 4 nitrogen and oxygen atoms in total. The van der Waals surface area contributed by atoms with Crippen molar-refractivity contribution in [3.8, 4) is 0 Å². The van der Waals surface area contributed by atoms with Crippen LogP contribution in [0.5, 0.6) is 0 Å². The number of carbonyl (C=O) groups excluding carboxylic acids is 1. The first-order chi connectivity index (χ1) is 8.49. The molecule has 0 radical (unpaired) electrons. The summed E-state index contributed by atoms with van der Waals surface area (Å²) in [7, 11) is 5.53. The normalized spacial score (nSPS) is 10.7. The van der Waals surface area contributed by atoms with Gasteiger partial charge < -0.3 is 10.6 Å². The molecule has 1 amide bonds.